The molecule has 2 rings (SSSR count). The van der Waals surface area contributed by atoms with Gasteiger partial charge >= 0.3 is 0 Å². The average molecular weight is 404 g/mol. The van der Waals surface area contributed by atoms with Crippen LogP contribution in [0.4, 0.5) is 0 Å². The Balaban J connectivity index is 1.83. The van der Waals surface area contributed by atoms with Gasteiger partial charge in [0.25, 0.3) is 5.91 Å². The molecule has 5 nitrogen and oxygen atoms in total. The van der Waals surface area contributed by atoms with Crippen LogP contribution in [0.15, 0.2) is 46.9 Å². The highest BCUT2D eigenvalue weighted by molar-refractivity contribution is 9.10. The van der Waals surface area contributed by atoms with Gasteiger partial charge in [-0.1, -0.05) is 33.8 Å². The van der Waals surface area contributed by atoms with Gasteiger partial charge in [-0.25, -0.2) is 0 Å². The van der Waals surface area contributed by atoms with E-state index in [0.717, 1.165) is 10.2 Å². The molecule has 2 aromatic rings. The minimum atomic E-state index is -0.262. The van der Waals surface area contributed by atoms with E-state index < -0.39 is 0 Å². The maximum absolute atomic E-state index is 12.2. The smallest absolute Gasteiger partial charge is 0.255 e. The molecular weight excluding hydrogens is 386 g/mol. The van der Waals surface area contributed by atoms with E-state index in [9.17, 15) is 4.79 Å². The van der Waals surface area contributed by atoms with Crippen LogP contribution < -0.4 is 19.5 Å². The highest BCUT2D eigenvalue weighted by Gasteiger charge is 2.12. The SMILES string of the molecule is COc1ccc(C(=O)NCC#CCOc2cccc(Br)c2)c(OC)c1. The molecule has 1 N–H and O–H groups in total. The Morgan fingerprint density at radius 1 is 1.08 bits per heavy atom. The van der Waals surface area contributed by atoms with E-state index in [0.29, 0.717) is 17.1 Å². The zero-order valence-corrected chi connectivity index (χ0v) is 15.6. The summed E-state index contributed by atoms with van der Waals surface area (Å²) in [4.78, 5) is 12.2. The molecule has 0 aromatic heterocycles. The minimum Gasteiger partial charge on any atom is -0.497 e. The van der Waals surface area contributed by atoms with E-state index in [1.807, 2.05) is 24.3 Å². The molecule has 0 aliphatic heterocycles. The van der Waals surface area contributed by atoms with Gasteiger partial charge in [-0.3, -0.25) is 4.79 Å². The molecule has 0 fully saturated rings. The lowest BCUT2D eigenvalue weighted by molar-refractivity contribution is 0.0955. The predicted octanol–water partition coefficient (Wildman–Crippen LogP) is 3.28. The third-order valence-electron chi connectivity index (χ3n) is 3.22. The number of carbonyl (C=O) groups is 1. The van der Waals surface area contributed by atoms with Crippen molar-refractivity contribution in [2.45, 2.75) is 0 Å². The molecular formula is C19H18BrNO4. The average Bonchev–Trinajstić information content (AvgIpc) is 2.63. The summed E-state index contributed by atoms with van der Waals surface area (Å²) < 4.78 is 16.8. The van der Waals surface area contributed by atoms with Crippen molar-refractivity contribution in [3.8, 4) is 29.1 Å². The zero-order chi connectivity index (χ0) is 18.1. The van der Waals surface area contributed by atoms with Crippen LogP contribution in [0.25, 0.3) is 0 Å². The van der Waals surface area contributed by atoms with Crippen molar-refractivity contribution in [1.29, 1.82) is 0 Å². The van der Waals surface area contributed by atoms with Crippen LogP contribution >= 0.6 is 15.9 Å². The van der Waals surface area contributed by atoms with Gasteiger partial charge in [0.15, 0.2) is 0 Å². The van der Waals surface area contributed by atoms with Crippen LogP contribution in [0.2, 0.25) is 0 Å². The Labute approximate surface area is 155 Å². The minimum absolute atomic E-state index is 0.218. The fourth-order valence-corrected chi connectivity index (χ4v) is 2.37. The van der Waals surface area contributed by atoms with Gasteiger partial charge in [0, 0.05) is 10.5 Å². The van der Waals surface area contributed by atoms with Gasteiger partial charge in [-0.05, 0) is 30.3 Å². The van der Waals surface area contributed by atoms with Crippen LogP contribution in [0.5, 0.6) is 17.2 Å². The maximum Gasteiger partial charge on any atom is 0.255 e. The molecule has 0 spiro atoms. The number of methoxy groups -OCH3 is 2. The van der Waals surface area contributed by atoms with Gasteiger partial charge in [0.05, 0.1) is 26.3 Å². The van der Waals surface area contributed by atoms with E-state index in [1.165, 1.54) is 7.11 Å². The van der Waals surface area contributed by atoms with Crippen molar-refractivity contribution in [3.05, 3.63) is 52.5 Å². The molecule has 0 atom stereocenters. The fourth-order valence-electron chi connectivity index (χ4n) is 2.00. The molecule has 2 aromatic carbocycles. The lowest BCUT2D eigenvalue weighted by Crippen LogP contribution is -2.24. The van der Waals surface area contributed by atoms with Crippen LogP contribution in [0.3, 0.4) is 0 Å². The number of benzene rings is 2. The van der Waals surface area contributed by atoms with Crippen molar-refractivity contribution in [3.63, 3.8) is 0 Å². The summed E-state index contributed by atoms with van der Waals surface area (Å²) in [6.07, 6.45) is 0. The number of hydrogen-bond acceptors (Lipinski definition) is 4. The number of carbonyl (C=O) groups excluding carboxylic acids is 1. The number of ether oxygens (including phenoxy) is 3. The lowest BCUT2D eigenvalue weighted by Gasteiger charge is -2.09. The molecule has 0 saturated heterocycles. The van der Waals surface area contributed by atoms with Gasteiger partial charge in [-0.15, -0.1) is 0 Å². The number of rotatable bonds is 6. The van der Waals surface area contributed by atoms with Crippen LogP contribution in [0, 0.1) is 11.8 Å². The summed E-state index contributed by atoms with van der Waals surface area (Å²) in [5, 5.41) is 2.72. The summed E-state index contributed by atoms with van der Waals surface area (Å²) in [7, 11) is 3.06. The highest BCUT2D eigenvalue weighted by atomic mass is 79.9. The highest BCUT2D eigenvalue weighted by Crippen LogP contribution is 2.24. The van der Waals surface area contributed by atoms with Gasteiger partial charge < -0.3 is 19.5 Å². The van der Waals surface area contributed by atoms with Crippen LogP contribution in [-0.2, 0) is 0 Å². The Morgan fingerprint density at radius 3 is 2.64 bits per heavy atom. The number of hydrogen-bond donors (Lipinski definition) is 1. The topological polar surface area (TPSA) is 56.8 Å². The Kier molecular flexibility index (Phi) is 7.17. The van der Waals surface area contributed by atoms with Crippen molar-refractivity contribution >= 4 is 21.8 Å². The molecule has 0 heterocycles. The monoisotopic (exact) mass is 403 g/mol. The van der Waals surface area contributed by atoms with E-state index >= 15 is 0 Å². The number of nitrogens with one attached hydrogen (secondary N) is 1. The summed E-state index contributed by atoms with van der Waals surface area (Å²) >= 11 is 3.37. The van der Waals surface area contributed by atoms with Gasteiger partial charge in [0.2, 0.25) is 0 Å². The maximum atomic E-state index is 12.2. The quantitative estimate of drug-likeness (QED) is 0.751. The summed E-state index contributed by atoms with van der Waals surface area (Å²) in [5.74, 6) is 7.24. The van der Waals surface area contributed by atoms with E-state index in [-0.39, 0.29) is 19.1 Å². The second kappa shape index (κ2) is 9.60. The van der Waals surface area contributed by atoms with Crippen molar-refractivity contribution in [1.82, 2.24) is 5.32 Å². The molecule has 6 heteroatoms. The van der Waals surface area contributed by atoms with Crippen LogP contribution in [-0.4, -0.2) is 33.3 Å². The molecule has 0 bridgehead atoms. The standard InChI is InChI=1S/C19H18BrNO4/c1-23-15-8-9-17(18(13-15)24-2)19(22)21-10-3-4-11-25-16-7-5-6-14(20)12-16/h5-9,12-13H,10-11H2,1-2H3,(H,21,22). The molecule has 0 aliphatic rings. The molecule has 0 radical (unpaired) electrons. The third kappa shape index (κ3) is 5.73. The summed E-state index contributed by atoms with van der Waals surface area (Å²) in [6.45, 7) is 0.466. The first-order valence-electron chi connectivity index (χ1n) is 7.48. The molecule has 130 valence electrons. The van der Waals surface area contributed by atoms with Gasteiger partial charge in [-0.2, -0.15) is 0 Å². The fraction of sp³-hybridized carbons (Fsp3) is 0.211. The summed E-state index contributed by atoms with van der Waals surface area (Å²) in [6, 6.07) is 12.5. The van der Waals surface area contributed by atoms with Crippen molar-refractivity contribution in [2.24, 2.45) is 0 Å². The Bertz CT molecular complexity index is 795. The zero-order valence-electron chi connectivity index (χ0n) is 14.0. The Morgan fingerprint density at radius 2 is 1.92 bits per heavy atom. The molecule has 0 aliphatic carbocycles. The number of halogens is 1. The lowest BCUT2D eigenvalue weighted by atomic mass is 10.1. The molecule has 1 amide bonds. The number of amides is 1. The Hall–Kier alpha value is -2.65. The predicted molar refractivity (Wildman–Crippen MR) is 99.3 cm³/mol. The summed E-state index contributed by atoms with van der Waals surface area (Å²) in [5.41, 5.74) is 0.426. The molecule has 0 unspecified atom stereocenters. The normalized spacial score (nSPS) is 9.56. The van der Waals surface area contributed by atoms with E-state index in [2.05, 4.69) is 33.1 Å². The molecule has 25 heavy (non-hydrogen) atoms. The largest absolute Gasteiger partial charge is 0.497 e. The third-order valence-corrected chi connectivity index (χ3v) is 3.72. The first-order chi connectivity index (χ1) is 12.1. The second-order valence-corrected chi connectivity index (χ2v) is 5.76. The van der Waals surface area contributed by atoms with E-state index in [1.54, 1.807) is 25.3 Å². The second-order valence-electron chi connectivity index (χ2n) is 4.85. The molecule has 0 saturated carbocycles. The van der Waals surface area contributed by atoms with Crippen LogP contribution in [0.1, 0.15) is 10.4 Å². The first-order valence-corrected chi connectivity index (χ1v) is 8.27. The van der Waals surface area contributed by atoms with E-state index in [4.69, 9.17) is 14.2 Å². The first kappa shape index (κ1) is 18.7. The van der Waals surface area contributed by atoms with Crippen molar-refractivity contribution < 1.29 is 19.0 Å². The van der Waals surface area contributed by atoms with Gasteiger partial charge in [0.1, 0.15) is 23.9 Å². The van der Waals surface area contributed by atoms with Crippen molar-refractivity contribution in [2.75, 3.05) is 27.4 Å².